The second-order valence-corrected chi connectivity index (χ2v) is 7.84. The van der Waals surface area contributed by atoms with Gasteiger partial charge in [0.2, 0.25) is 5.91 Å². The van der Waals surface area contributed by atoms with Crippen molar-refractivity contribution in [3.8, 4) is 11.3 Å². The number of hydrogen-bond acceptors (Lipinski definition) is 7. The average Bonchev–Trinajstić information content (AvgIpc) is 2.74. The van der Waals surface area contributed by atoms with Gasteiger partial charge in [0.1, 0.15) is 5.60 Å². The molecular weight excluding hydrogens is 370 g/mol. The van der Waals surface area contributed by atoms with Gasteiger partial charge in [0.05, 0.1) is 30.2 Å². The molecule has 156 valence electrons. The molecule has 0 spiro atoms. The molecule has 1 saturated carbocycles. The minimum atomic E-state index is -0.980. The molecule has 0 unspecified atom stereocenters. The monoisotopic (exact) mass is 399 g/mol. The van der Waals surface area contributed by atoms with E-state index in [-0.39, 0.29) is 12.5 Å². The van der Waals surface area contributed by atoms with E-state index >= 15 is 0 Å². The van der Waals surface area contributed by atoms with Crippen LogP contribution in [-0.4, -0.2) is 45.7 Å². The zero-order valence-electron chi connectivity index (χ0n) is 17.2. The van der Waals surface area contributed by atoms with Crippen molar-refractivity contribution in [2.75, 3.05) is 24.3 Å². The first kappa shape index (κ1) is 21.1. The first-order chi connectivity index (χ1) is 13.9. The van der Waals surface area contributed by atoms with Crippen LogP contribution in [0.25, 0.3) is 11.3 Å². The number of hydrogen-bond donors (Lipinski definition) is 3. The van der Waals surface area contributed by atoms with E-state index in [2.05, 4.69) is 25.6 Å². The Morgan fingerprint density at radius 2 is 1.86 bits per heavy atom. The van der Waals surface area contributed by atoms with E-state index in [0.717, 1.165) is 5.56 Å². The third-order valence-corrected chi connectivity index (χ3v) is 5.02. The lowest BCUT2D eigenvalue weighted by atomic mass is 9.98. The minimum Gasteiger partial charge on any atom is -0.384 e. The van der Waals surface area contributed by atoms with Crippen LogP contribution in [0.15, 0.2) is 24.5 Å². The number of aliphatic hydroxyl groups is 1. The van der Waals surface area contributed by atoms with Crippen molar-refractivity contribution in [1.29, 1.82) is 0 Å². The van der Waals surface area contributed by atoms with E-state index in [4.69, 9.17) is 4.74 Å². The summed E-state index contributed by atoms with van der Waals surface area (Å²) >= 11 is 0. The second-order valence-electron chi connectivity index (χ2n) is 7.84. The Morgan fingerprint density at radius 1 is 1.10 bits per heavy atom. The summed E-state index contributed by atoms with van der Waals surface area (Å²) in [6, 6.07) is 3.59. The second kappa shape index (κ2) is 9.28. The van der Waals surface area contributed by atoms with Crippen LogP contribution in [0.1, 0.15) is 51.6 Å². The van der Waals surface area contributed by atoms with Crippen molar-refractivity contribution in [1.82, 2.24) is 15.0 Å². The van der Waals surface area contributed by atoms with Gasteiger partial charge in [-0.15, -0.1) is 0 Å². The standard InChI is InChI=1S/C14H15N5O2.C7H14O/c1-14(2,21)10-4-3-8(5-15-10)9-6-16-13-12(18-9)17-7-11(20)19-13;1-8-7-5-3-2-4-6-7/h3-6,21H,7H2,1-2H3,(H,17,18)(H,16,19,20);7H,2-6H2,1H3. The van der Waals surface area contributed by atoms with Crippen LogP contribution in [0.2, 0.25) is 0 Å². The number of rotatable bonds is 3. The third-order valence-electron chi connectivity index (χ3n) is 5.02. The van der Waals surface area contributed by atoms with Gasteiger partial charge in [0.25, 0.3) is 0 Å². The number of fused-ring (bicyclic) bond motifs is 1. The Balaban J connectivity index is 0.000000252. The number of nitrogens with zero attached hydrogens (tertiary/aromatic N) is 3. The van der Waals surface area contributed by atoms with Gasteiger partial charge < -0.3 is 20.5 Å². The molecule has 8 heteroatoms. The Hall–Kier alpha value is -2.58. The van der Waals surface area contributed by atoms with Gasteiger partial charge in [-0.3, -0.25) is 9.78 Å². The van der Waals surface area contributed by atoms with Crippen molar-refractivity contribution in [2.24, 2.45) is 0 Å². The summed E-state index contributed by atoms with van der Waals surface area (Å²) in [6.07, 6.45) is 10.5. The lowest BCUT2D eigenvalue weighted by molar-refractivity contribution is -0.114. The molecule has 2 aromatic heterocycles. The Labute approximate surface area is 171 Å². The molecule has 1 aliphatic carbocycles. The molecule has 1 amide bonds. The lowest BCUT2D eigenvalue weighted by Gasteiger charge is -2.19. The van der Waals surface area contributed by atoms with Gasteiger partial charge in [-0.1, -0.05) is 19.3 Å². The molecule has 0 bridgehead atoms. The van der Waals surface area contributed by atoms with Crippen LogP contribution >= 0.6 is 0 Å². The van der Waals surface area contributed by atoms with E-state index < -0.39 is 5.60 Å². The highest BCUT2D eigenvalue weighted by molar-refractivity contribution is 5.98. The molecule has 29 heavy (non-hydrogen) atoms. The maximum atomic E-state index is 11.2. The summed E-state index contributed by atoms with van der Waals surface area (Å²) in [5.74, 6) is 0.829. The summed E-state index contributed by atoms with van der Waals surface area (Å²) in [6.45, 7) is 3.54. The number of amides is 1. The Bertz CT molecular complexity index is 827. The topological polar surface area (TPSA) is 109 Å². The van der Waals surface area contributed by atoms with Crippen molar-refractivity contribution in [2.45, 2.75) is 57.7 Å². The Morgan fingerprint density at radius 3 is 2.45 bits per heavy atom. The van der Waals surface area contributed by atoms with Crippen molar-refractivity contribution in [3.05, 3.63) is 30.2 Å². The van der Waals surface area contributed by atoms with Gasteiger partial charge in [-0.25, -0.2) is 9.97 Å². The fraction of sp³-hybridized carbons (Fsp3) is 0.524. The number of methoxy groups -OCH3 is 1. The average molecular weight is 399 g/mol. The first-order valence-electron chi connectivity index (χ1n) is 9.99. The fourth-order valence-electron chi connectivity index (χ4n) is 3.29. The molecule has 3 heterocycles. The van der Waals surface area contributed by atoms with Gasteiger partial charge in [0.15, 0.2) is 11.6 Å². The van der Waals surface area contributed by atoms with E-state index in [1.165, 1.54) is 32.1 Å². The smallest absolute Gasteiger partial charge is 0.244 e. The molecule has 1 fully saturated rings. The van der Waals surface area contributed by atoms with Crippen molar-refractivity contribution >= 4 is 17.5 Å². The molecule has 8 nitrogen and oxygen atoms in total. The van der Waals surface area contributed by atoms with Gasteiger partial charge in [-0.2, -0.15) is 0 Å². The normalized spacial score (nSPS) is 16.8. The highest BCUT2D eigenvalue weighted by Gasteiger charge is 2.19. The molecule has 0 atom stereocenters. The summed E-state index contributed by atoms with van der Waals surface area (Å²) in [7, 11) is 1.82. The number of anilines is 2. The maximum Gasteiger partial charge on any atom is 0.244 e. The predicted molar refractivity (Wildman–Crippen MR) is 112 cm³/mol. The Kier molecular flexibility index (Phi) is 6.76. The van der Waals surface area contributed by atoms with Crippen LogP contribution in [0, 0.1) is 0 Å². The van der Waals surface area contributed by atoms with Crippen LogP contribution in [0.3, 0.4) is 0 Å². The molecule has 2 aromatic rings. The quantitative estimate of drug-likeness (QED) is 0.727. The maximum absolute atomic E-state index is 11.2. The van der Waals surface area contributed by atoms with Crippen molar-refractivity contribution in [3.63, 3.8) is 0 Å². The number of nitrogens with one attached hydrogen (secondary N) is 2. The van der Waals surface area contributed by atoms with Crippen LogP contribution < -0.4 is 10.6 Å². The molecular formula is C21H29N5O3. The molecule has 0 radical (unpaired) electrons. The van der Waals surface area contributed by atoms with Gasteiger partial charge >= 0.3 is 0 Å². The molecule has 4 rings (SSSR count). The number of carbonyl (C=O) groups is 1. The number of aromatic nitrogens is 3. The SMILES string of the molecule is CC(C)(O)c1ccc(-c2cnc3c(n2)NCC(=O)N3)cn1.COC1CCCCC1. The van der Waals surface area contributed by atoms with Crippen LogP contribution in [-0.2, 0) is 15.1 Å². The zero-order chi connectivity index (χ0) is 20.9. The molecule has 3 N–H and O–H groups in total. The zero-order valence-corrected chi connectivity index (χ0v) is 17.2. The van der Waals surface area contributed by atoms with Crippen LogP contribution in [0.5, 0.6) is 0 Å². The van der Waals surface area contributed by atoms with Crippen molar-refractivity contribution < 1.29 is 14.6 Å². The molecule has 0 saturated heterocycles. The van der Waals surface area contributed by atoms with E-state index in [0.29, 0.717) is 29.1 Å². The van der Waals surface area contributed by atoms with Crippen LogP contribution in [0.4, 0.5) is 11.6 Å². The molecule has 0 aromatic carbocycles. The van der Waals surface area contributed by atoms with Gasteiger partial charge in [0, 0.05) is 18.9 Å². The third kappa shape index (κ3) is 5.71. The number of pyridine rings is 1. The largest absolute Gasteiger partial charge is 0.384 e. The molecule has 2 aliphatic rings. The van der Waals surface area contributed by atoms with E-state index in [1.807, 2.05) is 13.2 Å². The minimum absolute atomic E-state index is 0.138. The van der Waals surface area contributed by atoms with E-state index in [1.54, 1.807) is 32.3 Å². The summed E-state index contributed by atoms with van der Waals surface area (Å²) < 4.78 is 5.19. The lowest BCUT2D eigenvalue weighted by Crippen LogP contribution is -2.28. The number of ether oxygens (including phenoxy) is 1. The highest BCUT2D eigenvalue weighted by atomic mass is 16.5. The molecule has 1 aliphatic heterocycles. The van der Waals surface area contributed by atoms with E-state index in [9.17, 15) is 9.90 Å². The summed E-state index contributed by atoms with van der Waals surface area (Å²) in [5, 5.41) is 15.4. The predicted octanol–water partition coefficient (Wildman–Crippen LogP) is 3.10. The first-order valence-corrected chi connectivity index (χ1v) is 9.99. The fourth-order valence-corrected chi connectivity index (χ4v) is 3.29. The number of carbonyl (C=O) groups excluding carboxylic acids is 1. The summed E-state index contributed by atoms with van der Waals surface area (Å²) in [5.41, 5.74) is 1.04. The summed E-state index contributed by atoms with van der Waals surface area (Å²) in [4.78, 5) is 24.1. The highest BCUT2D eigenvalue weighted by Crippen LogP contribution is 2.25. The van der Waals surface area contributed by atoms with Gasteiger partial charge in [-0.05, 0) is 38.8 Å².